The first-order valence-corrected chi connectivity index (χ1v) is 8.10. The number of benzene rings is 1. The SMILES string of the molecule is CCOC(=O)N1CCC(NC(C)Cc2ccc(N)cc2)CC1. The number of nitrogens with zero attached hydrogens (tertiary/aromatic N) is 1. The fraction of sp³-hybridized carbons (Fsp3) is 0.588. The van der Waals surface area contributed by atoms with Gasteiger partial charge in [0, 0.05) is 30.9 Å². The van der Waals surface area contributed by atoms with Crippen LogP contribution in [0, 0.1) is 0 Å². The van der Waals surface area contributed by atoms with E-state index in [9.17, 15) is 4.79 Å². The van der Waals surface area contributed by atoms with Crippen molar-refractivity contribution in [3.8, 4) is 0 Å². The molecule has 0 radical (unpaired) electrons. The van der Waals surface area contributed by atoms with Gasteiger partial charge in [0.15, 0.2) is 0 Å². The van der Waals surface area contributed by atoms with Crippen molar-refractivity contribution in [2.24, 2.45) is 0 Å². The molecule has 1 heterocycles. The molecule has 0 aliphatic carbocycles. The third-order valence-electron chi connectivity index (χ3n) is 4.06. The Kier molecular flexibility index (Phi) is 6.07. The number of piperidine rings is 1. The van der Waals surface area contributed by atoms with E-state index in [1.165, 1.54) is 5.56 Å². The van der Waals surface area contributed by atoms with Crippen LogP contribution in [0.1, 0.15) is 32.3 Å². The van der Waals surface area contributed by atoms with Gasteiger partial charge < -0.3 is 20.7 Å². The summed E-state index contributed by atoms with van der Waals surface area (Å²) in [5.41, 5.74) is 7.80. The van der Waals surface area contributed by atoms with E-state index in [4.69, 9.17) is 10.5 Å². The summed E-state index contributed by atoms with van der Waals surface area (Å²) in [7, 11) is 0. The third-order valence-corrected chi connectivity index (χ3v) is 4.06. The number of nitrogen functional groups attached to an aromatic ring is 1. The molecule has 1 aromatic carbocycles. The number of nitrogens with two attached hydrogens (primary N) is 1. The van der Waals surface area contributed by atoms with E-state index in [-0.39, 0.29) is 6.09 Å². The predicted octanol–water partition coefficient (Wildman–Crippen LogP) is 2.41. The van der Waals surface area contributed by atoms with Gasteiger partial charge in [0.2, 0.25) is 0 Å². The van der Waals surface area contributed by atoms with Crippen molar-refractivity contribution in [3.63, 3.8) is 0 Å². The van der Waals surface area contributed by atoms with Crippen molar-refractivity contribution in [1.29, 1.82) is 0 Å². The quantitative estimate of drug-likeness (QED) is 0.820. The first-order valence-electron chi connectivity index (χ1n) is 8.10. The van der Waals surface area contributed by atoms with E-state index in [1.807, 2.05) is 19.1 Å². The second kappa shape index (κ2) is 8.03. The number of amides is 1. The molecule has 3 N–H and O–H groups in total. The Bertz CT molecular complexity index is 467. The Balaban J connectivity index is 1.73. The second-order valence-corrected chi connectivity index (χ2v) is 5.97. The minimum absolute atomic E-state index is 0.184. The Morgan fingerprint density at radius 1 is 1.36 bits per heavy atom. The first-order chi connectivity index (χ1) is 10.6. The average molecular weight is 305 g/mol. The molecule has 5 nitrogen and oxygen atoms in total. The number of nitrogens with one attached hydrogen (secondary N) is 1. The number of hydrogen-bond donors (Lipinski definition) is 2. The number of anilines is 1. The van der Waals surface area contributed by atoms with E-state index < -0.39 is 0 Å². The van der Waals surface area contributed by atoms with Crippen LogP contribution in [0.4, 0.5) is 10.5 Å². The summed E-state index contributed by atoms with van der Waals surface area (Å²) in [5, 5.41) is 3.66. The average Bonchev–Trinajstić information content (AvgIpc) is 2.50. The summed E-state index contributed by atoms with van der Waals surface area (Å²) in [6.07, 6.45) is 2.75. The van der Waals surface area contributed by atoms with Crippen LogP contribution in [0.5, 0.6) is 0 Å². The lowest BCUT2D eigenvalue weighted by molar-refractivity contribution is 0.0944. The van der Waals surface area contributed by atoms with Gasteiger partial charge in [0.1, 0.15) is 0 Å². The standard InChI is InChI=1S/C17H27N3O2/c1-3-22-17(21)20-10-8-16(9-11-20)19-13(2)12-14-4-6-15(18)7-5-14/h4-7,13,16,19H,3,8-12,18H2,1-2H3. The zero-order chi connectivity index (χ0) is 15.9. The molecule has 1 atom stereocenters. The first kappa shape index (κ1) is 16.6. The molecule has 22 heavy (non-hydrogen) atoms. The van der Waals surface area contributed by atoms with Crippen molar-refractivity contribution >= 4 is 11.8 Å². The van der Waals surface area contributed by atoms with Gasteiger partial charge in [-0.25, -0.2) is 4.79 Å². The van der Waals surface area contributed by atoms with Crippen LogP contribution in [0.25, 0.3) is 0 Å². The smallest absolute Gasteiger partial charge is 0.409 e. The monoisotopic (exact) mass is 305 g/mol. The zero-order valence-electron chi connectivity index (χ0n) is 13.5. The van der Waals surface area contributed by atoms with Crippen LogP contribution < -0.4 is 11.1 Å². The molecule has 1 saturated heterocycles. The number of rotatable bonds is 5. The van der Waals surface area contributed by atoms with Crippen LogP contribution in [0.15, 0.2) is 24.3 Å². The fourth-order valence-electron chi connectivity index (χ4n) is 2.91. The minimum Gasteiger partial charge on any atom is -0.450 e. The van der Waals surface area contributed by atoms with Gasteiger partial charge in [0.05, 0.1) is 6.61 Å². The molecule has 1 aliphatic rings. The summed E-state index contributed by atoms with van der Waals surface area (Å²) < 4.78 is 5.04. The summed E-state index contributed by atoms with van der Waals surface area (Å²) in [6.45, 7) is 6.02. The summed E-state index contributed by atoms with van der Waals surface area (Å²) in [4.78, 5) is 13.5. The highest BCUT2D eigenvalue weighted by Crippen LogP contribution is 2.14. The molecule has 5 heteroatoms. The number of carbonyl (C=O) groups is 1. The van der Waals surface area contributed by atoms with Crippen molar-refractivity contribution in [2.45, 2.75) is 45.2 Å². The molecule has 0 bridgehead atoms. The molecule has 1 aliphatic heterocycles. The fourth-order valence-corrected chi connectivity index (χ4v) is 2.91. The Labute approximate surface area is 132 Å². The highest BCUT2D eigenvalue weighted by Gasteiger charge is 2.24. The van der Waals surface area contributed by atoms with E-state index in [2.05, 4.69) is 24.4 Å². The highest BCUT2D eigenvalue weighted by molar-refractivity contribution is 5.67. The van der Waals surface area contributed by atoms with Crippen molar-refractivity contribution in [2.75, 3.05) is 25.4 Å². The van der Waals surface area contributed by atoms with E-state index in [0.717, 1.165) is 38.0 Å². The van der Waals surface area contributed by atoms with E-state index in [1.54, 1.807) is 4.90 Å². The van der Waals surface area contributed by atoms with Crippen molar-refractivity contribution in [3.05, 3.63) is 29.8 Å². The minimum atomic E-state index is -0.184. The van der Waals surface area contributed by atoms with Gasteiger partial charge in [-0.15, -0.1) is 0 Å². The van der Waals surface area contributed by atoms with Gasteiger partial charge >= 0.3 is 6.09 Å². The van der Waals surface area contributed by atoms with E-state index in [0.29, 0.717) is 18.7 Å². The number of ether oxygens (including phenoxy) is 1. The molecular formula is C17H27N3O2. The van der Waals surface area contributed by atoms with Gasteiger partial charge in [-0.05, 0) is 50.8 Å². The Hall–Kier alpha value is -1.75. The van der Waals surface area contributed by atoms with Crippen LogP contribution in [-0.4, -0.2) is 42.8 Å². The van der Waals surface area contributed by atoms with Crippen LogP contribution >= 0.6 is 0 Å². The molecule has 0 aromatic heterocycles. The lowest BCUT2D eigenvalue weighted by Crippen LogP contribution is -2.47. The third kappa shape index (κ3) is 4.91. The molecule has 0 saturated carbocycles. The summed E-state index contributed by atoms with van der Waals surface area (Å²) >= 11 is 0. The van der Waals surface area contributed by atoms with Crippen LogP contribution in [0.2, 0.25) is 0 Å². The van der Waals surface area contributed by atoms with Gasteiger partial charge in [0.25, 0.3) is 0 Å². The summed E-state index contributed by atoms with van der Waals surface area (Å²) in [6, 6.07) is 8.92. The predicted molar refractivity (Wildman–Crippen MR) is 88.8 cm³/mol. The summed E-state index contributed by atoms with van der Waals surface area (Å²) in [5.74, 6) is 0. The molecule has 1 amide bonds. The number of hydrogen-bond acceptors (Lipinski definition) is 4. The Morgan fingerprint density at radius 2 is 2.00 bits per heavy atom. The molecule has 1 unspecified atom stereocenters. The van der Waals surface area contributed by atoms with E-state index >= 15 is 0 Å². The van der Waals surface area contributed by atoms with Crippen molar-refractivity contribution in [1.82, 2.24) is 10.2 Å². The molecule has 122 valence electrons. The normalized spacial score (nSPS) is 17.3. The maximum atomic E-state index is 11.7. The second-order valence-electron chi connectivity index (χ2n) is 5.97. The molecule has 0 spiro atoms. The maximum absolute atomic E-state index is 11.7. The van der Waals surface area contributed by atoms with Crippen LogP contribution in [0.3, 0.4) is 0 Å². The molecule has 2 rings (SSSR count). The maximum Gasteiger partial charge on any atom is 0.409 e. The largest absolute Gasteiger partial charge is 0.450 e. The van der Waals surface area contributed by atoms with Gasteiger partial charge in [-0.1, -0.05) is 12.1 Å². The molecular weight excluding hydrogens is 278 g/mol. The lowest BCUT2D eigenvalue weighted by atomic mass is 10.0. The molecule has 1 fully saturated rings. The number of carbonyl (C=O) groups excluding carboxylic acids is 1. The highest BCUT2D eigenvalue weighted by atomic mass is 16.6. The lowest BCUT2D eigenvalue weighted by Gasteiger charge is -2.33. The van der Waals surface area contributed by atoms with Crippen molar-refractivity contribution < 1.29 is 9.53 Å². The topological polar surface area (TPSA) is 67.6 Å². The van der Waals surface area contributed by atoms with Gasteiger partial charge in [-0.3, -0.25) is 0 Å². The number of likely N-dealkylation sites (tertiary alicyclic amines) is 1. The van der Waals surface area contributed by atoms with Crippen LogP contribution in [-0.2, 0) is 11.2 Å². The molecule has 1 aromatic rings. The Morgan fingerprint density at radius 3 is 2.59 bits per heavy atom. The van der Waals surface area contributed by atoms with Gasteiger partial charge in [-0.2, -0.15) is 0 Å². The zero-order valence-corrected chi connectivity index (χ0v) is 13.5.